The van der Waals surface area contributed by atoms with E-state index in [1.165, 1.54) is 13.2 Å². The molecule has 0 aliphatic heterocycles. The van der Waals surface area contributed by atoms with Crippen LogP contribution in [0.1, 0.15) is 5.56 Å². The number of nitrogens with zero attached hydrogens (tertiary/aromatic N) is 4. The first-order valence-electron chi connectivity index (χ1n) is 7.74. The van der Waals surface area contributed by atoms with Gasteiger partial charge < -0.3 is 0 Å². The van der Waals surface area contributed by atoms with Crippen LogP contribution in [-0.4, -0.2) is 39.9 Å². The number of hydrogen-bond acceptors (Lipinski definition) is 4. The van der Waals surface area contributed by atoms with E-state index in [4.69, 9.17) is 4.84 Å². The summed E-state index contributed by atoms with van der Waals surface area (Å²) in [5.74, 6) is -0.257. The SMILES string of the molecule is CON(C)C(=O)/C=C/c1cn(-c2ccccc2)nc1-c1cccnc1. The van der Waals surface area contributed by atoms with E-state index in [0.29, 0.717) is 0 Å². The number of likely N-dealkylation sites (N-methyl/N-ethyl adjacent to an activating group) is 1. The molecule has 0 radical (unpaired) electrons. The van der Waals surface area contributed by atoms with Crippen molar-refractivity contribution in [3.05, 3.63) is 72.7 Å². The van der Waals surface area contributed by atoms with Gasteiger partial charge in [-0.05, 0) is 30.3 Å². The third kappa shape index (κ3) is 3.81. The number of rotatable bonds is 5. The van der Waals surface area contributed by atoms with Crippen molar-refractivity contribution in [2.24, 2.45) is 0 Å². The summed E-state index contributed by atoms with van der Waals surface area (Å²) in [7, 11) is 3.00. The lowest BCUT2D eigenvalue weighted by atomic mass is 10.1. The number of para-hydroxylation sites is 1. The molecule has 0 spiro atoms. The minimum atomic E-state index is -0.257. The summed E-state index contributed by atoms with van der Waals surface area (Å²) in [6.45, 7) is 0. The molecule has 0 fully saturated rings. The van der Waals surface area contributed by atoms with Crippen LogP contribution in [0.2, 0.25) is 0 Å². The van der Waals surface area contributed by atoms with Gasteiger partial charge in [0.2, 0.25) is 0 Å². The maximum Gasteiger partial charge on any atom is 0.269 e. The summed E-state index contributed by atoms with van der Waals surface area (Å²) >= 11 is 0. The highest BCUT2D eigenvalue weighted by Gasteiger charge is 2.11. The van der Waals surface area contributed by atoms with Crippen molar-refractivity contribution in [1.82, 2.24) is 19.8 Å². The molecule has 2 heterocycles. The van der Waals surface area contributed by atoms with Crippen molar-refractivity contribution >= 4 is 12.0 Å². The highest BCUT2D eigenvalue weighted by molar-refractivity contribution is 5.92. The smallest absolute Gasteiger partial charge is 0.269 e. The van der Waals surface area contributed by atoms with E-state index in [9.17, 15) is 4.79 Å². The zero-order chi connectivity index (χ0) is 17.6. The van der Waals surface area contributed by atoms with Crippen LogP contribution in [0.5, 0.6) is 0 Å². The first-order chi connectivity index (χ1) is 12.2. The van der Waals surface area contributed by atoms with Crippen LogP contribution in [0.25, 0.3) is 23.0 Å². The maximum absolute atomic E-state index is 11.9. The van der Waals surface area contributed by atoms with Gasteiger partial charge in [-0.25, -0.2) is 9.75 Å². The van der Waals surface area contributed by atoms with Crippen LogP contribution in [0, 0.1) is 0 Å². The molecule has 25 heavy (non-hydrogen) atoms. The van der Waals surface area contributed by atoms with Gasteiger partial charge in [0.1, 0.15) is 5.69 Å². The molecule has 1 amide bonds. The van der Waals surface area contributed by atoms with Gasteiger partial charge in [0.25, 0.3) is 5.91 Å². The minimum Gasteiger partial charge on any atom is -0.274 e. The number of aromatic nitrogens is 3. The molecule has 6 nitrogen and oxygen atoms in total. The summed E-state index contributed by atoms with van der Waals surface area (Å²) in [5, 5.41) is 5.82. The van der Waals surface area contributed by atoms with Gasteiger partial charge in [0, 0.05) is 42.8 Å². The van der Waals surface area contributed by atoms with Crippen molar-refractivity contribution in [2.45, 2.75) is 0 Å². The van der Waals surface area contributed by atoms with Gasteiger partial charge in [-0.2, -0.15) is 5.10 Å². The largest absolute Gasteiger partial charge is 0.274 e. The Kier molecular flexibility index (Phi) is 5.01. The van der Waals surface area contributed by atoms with E-state index in [2.05, 4.69) is 10.1 Å². The fraction of sp³-hybridized carbons (Fsp3) is 0.105. The van der Waals surface area contributed by atoms with Crippen LogP contribution < -0.4 is 0 Å². The Morgan fingerprint density at radius 3 is 2.68 bits per heavy atom. The number of pyridine rings is 1. The molecule has 1 aromatic carbocycles. The number of hydrogen-bond donors (Lipinski definition) is 0. The number of carbonyl (C=O) groups is 1. The monoisotopic (exact) mass is 334 g/mol. The Hall–Kier alpha value is -3.25. The minimum absolute atomic E-state index is 0.257. The number of amides is 1. The second kappa shape index (κ2) is 7.55. The molecular formula is C19H18N4O2. The molecule has 0 bridgehead atoms. The number of benzene rings is 1. The zero-order valence-electron chi connectivity index (χ0n) is 14.0. The molecule has 0 atom stereocenters. The van der Waals surface area contributed by atoms with E-state index >= 15 is 0 Å². The molecule has 0 saturated heterocycles. The quantitative estimate of drug-likeness (QED) is 0.532. The van der Waals surface area contributed by atoms with Gasteiger partial charge in [-0.15, -0.1) is 0 Å². The topological polar surface area (TPSA) is 60.2 Å². The summed E-state index contributed by atoms with van der Waals surface area (Å²) in [6, 6.07) is 13.6. The lowest BCUT2D eigenvalue weighted by Gasteiger charge is -2.09. The first-order valence-corrected chi connectivity index (χ1v) is 7.74. The Balaban J connectivity index is 2.02. The van der Waals surface area contributed by atoms with Gasteiger partial charge in [-0.3, -0.25) is 14.6 Å². The normalized spacial score (nSPS) is 11.0. The molecule has 0 N–H and O–H groups in total. The van der Waals surface area contributed by atoms with Crippen molar-refractivity contribution < 1.29 is 9.63 Å². The third-order valence-corrected chi connectivity index (χ3v) is 3.69. The number of carbonyl (C=O) groups excluding carboxylic acids is 1. The first kappa shape index (κ1) is 16.6. The van der Waals surface area contributed by atoms with Gasteiger partial charge in [0.15, 0.2) is 0 Å². The average Bonchev–Trinajstić information content (AvgIpc) is 3.11. The van der Waals surface area contributed by atoms with E-state index < -0.39 is 0 Å². The molecule has 126 valence electrons. The van der Waals surface area contributed by atoms with Gasteiger partial charge >= 0.3 is 0 Å². The third-order valence-electron chi connectivity index (χ3n) is 3.69. The summed E-state index contributed by atoms with van der Waals surface area (Å²) in [5.41, 5.74) is 3.38. The highest BCUT2D eigenvalue weighted by Crippen LogP contribution is 2.24. The Labute approximate surface area is 145 Å². The Morgan fingerprint density at radius 2 is 2.00 bits per heavy atom. The molecule has 0 saturated carbocycles. The predicted octanol–water partition coefficient (Wildman–Crippen LogP) is 2.97. The van der Waals surface area contributed by atoms with E-state index in [1.54, 1.807) is 30.2 Å². The molecular weight excluding hydrogens is 316 g/mol. The Bertz CT molecular complexity index is 873. The van der Waals surface area contributed by atoms with Crippen molar-refractivity contribution in [3.63, 3.8) is 0 Å². The second-order valence-electron chi connectivity index (χ2n) is 5.31. The van der Waals surface area contributed by atoms with Crippen LogP contribution in [0.4, 0.5) is 0 Å². The average molecular weight is 334 g/mol. The molecule has 6 heteroatoms. The molecule has 3 aromatic rings. The van der Waals surface area contributed by atoms with E-state index in [0.717, 1.165) is 27.6 Å². The molecule has 0 unspecified atom stereocenters. The van der Waals surface area contributed by atoms with E-state index in [-0.39, 0.29) is 5.91 Å². The predicted molar refractivity (Wildman–Crippen MR) is 95.6 cm³/mol. The molecule has 0 aliphatic rings. The zero-order valence-corrected chi connectivity index (χ0v) is 14.0. The van der Waals surface area contributed by atoms with Crippen LogP contribution in [0.15, 0.2) is 67.1 Å². The van der Waals surface area contributed by atoms with Crippen LogP contribution in [-0.2, 0) is 9.63 Å². The Morgan fingerprint density at radius 1 is 1.20 bits per heavy atom. The summed E-state index contributed by atoms with van der Waals surface area (Å²) in [6.07, 6.45) is 8.53. The van der Waals surface area contributed by atoms with Crippen molar-refractivity contribution in [3.8, 4) is 16.9 Å². The second-order valence-corrected chi connectivity index (χ2v) is 5.31. The fourth-order valence-corrected chi connectivity index (χ4v) is 2.31. The standard InChI is InChI=1S/C19H18N4O2/c1-22(25-2)18(24)11-10-16-14-23(17-8-4-3-5-9-17)21-19(16)15-7-6-12-20-13-15/h3-14H,1-2H3/b11-10+. The van der Waals surface area contributed by atoms with Crippen molar-refractivity contribution in [1.29, 1.82) is 0 Å². The maximum atomic E-state index is 11.9. The van der Waals surface area contributed by atoms with Crippen LogP contribution in [0.3, 0.4) is 0 Å². The van der Waals surface area contributed by atoms with Crippen molar-refractivity contribution in [2.75, 3.05) is 14.2 Å². The fourth-order valence-electron chi connectivity index (χ4n) is 2.31. The number of hydroxylamine groups is 2. The summed E-state index contributed by atoms with van der Waals surface area (Å²) < 4.78 is 1.78. The van der Waals surface area contributed by atoms with Gasteiger partial charge in [0.05, 0.1) is 12.8 Å². The molecule has 3 rings (SSSR count). The lowest BCUT2D eigenvalue weighted by Crippen LogP contribution is -2.22. The van der Waals surface area contributed by atoms with Crippen LogP contribution >= 0.6 is 0 Å². The lowest BCUT2D eigenvalue weighted by molar-refractivity contribution is -0.162. The summed E-state index contributed by atoms with van der Waals surface area (Å²) in [4.78, 5) is 21.0. The van der Waals surface area contributed by atoms with E-state index in [1.807, 2.05) is 48.7 Å². The molecule has 0 aliphatic carbocycles. The molecule has 2 aromatic heterocycles. The van der Waals surface area contributed by atoms with Gasteiger partial charge in [-0.1, -0.05) is 18.2 Å². The highest BCUT2D eigenvalue weighted by atomic mass is 16.7.